The number of benzene rings is 3. The third-order valence-corrected chi connectivity index (χ3v) is 6.66. The normalized spacial score (nSPS) is 11.0. The highest BCUT2D eigenvalue weighted by Crippen LogP contribution is 2.37. The summed E-state index contributed by atoms with van der Waals surface area (Å²) in [7, 11) is 0. The average Bonchev–Trinajstić information content (AvgIpc) is 3.35. The number of tetrazole rings is 1. The molecule has 1 N–H and O–H groups in total. The Morgan fingerprint density at radius 3 is 2.64 bits per heavy atom. The molecular weight excluding hydrogens is 517 g/mol. The predicted molar refractivity (Wildman–Crippen MR) is 145 cm³/mol. The number of halogens is 2. The van der Waals surface area contributed by atoms with Crippen LogP contribution in [0.3, 0.4) is 0 Å². The lowest BCUT2D eigenvalue weighted by atomic mass is 10.2. The van der Waals surface area contributed by atoms with Crippen molar-refractivity contribution in [2.75, 3.05) is 18.9 Å². The van der Waals surface area contributed by atoms with Gasteiger partial charge in [0.15, 0.2) is 11.5 Å². The van der Waals surface area contributed by atoms with Crippen LogP contribution >= 0.6 is 35.0 Å². The van der Waals surface area contributed by atoms with Crippen LogP contribution < -0.4 is 14.8 Å². The van der Waals surface area contributed by atoms with E-state index >= 15 is 0 Å². The Labute approximate surface area is 225 Å². The smallest absolute Gasteiger partial charge is 0.214 e. The van der Waals surface area contributed by atoms with Crippen LogP contribution in [0.1, 0.15) is 24.5 Å². The molecule has 0 radical (unpaired) electrons. The molecule has 0 saturated heterocycles. The van der Waals surface area contributed by atoms with Crippen LogP contribution in [0, 0.1) is 0 Å². The summed E-state index contributed by atoms with van der Waals surface area (Å²) in [6.45, 7) is 4.31. The third kappa shape index (κ3) is 7.36. The van der Waals surface area contributed by atoms with E-state index in [4.69, 9.17) is 32.7 Å². The van der Waals surface area contributed by atoms with Crippen LogP contribution in [0.5, 0.6) is 11.5 Å². The summed E-state index contributed by atoms with van der Waals surface area (Å²) in [6.07, 6.45) is 0.958. The minimum atomic E-state index is 0.350. The van der Waals surface area contributed by atoms with Crippen LogP contribution in [0.2, 0.25) is 10.0 Å². The molecule has 4 aromatic rings. The summed E-state index contributed by atoms with van der Waals surface area (Å²) in [5.41, 5.74) is 2.94. The van der Waals surface area contributed by atoms with Gasteiger partial charge >= 0.3 is 0 Å². The highest BCUT2D eigenvalue weighted by atomic mass is 35.5. The maximum atomic E-state index is 6.57. The summed E-state index contributed by atoms with van der Waals surface area (Å²) < 4.78 is 13.6. The predicted octanol–water partition coefficient (Wildman–Crippen LogP) is 6.22. The van der Waals surface area contributed by atoms with Gasteiger partial charge in [0.05, 0.1) is 17.3 Å². The molecule has 0 aliphatic rings. The number of para-hydroxylation sites is 1. The fourth-order valence-electron chi connectivity index (χ4n) is 3.50. The van der Waals surface area contributed by atoms with Gasteiger partial charge in [0.2, 0.25) is 5.16 Å². The zero-order valence-electron chi connectivity index (χ0n) is 19.9. The molecule has 0 fully saturated rings. The van der Waals surface area contributed by atoms with Crippen molar-refractivity contribution in [3.8, 4) is 17.2 Å². The lowest BCUT2D eigenvalue weighted by Crippen LogP contribution is -2.15. The lowest BCUT2D eigenvalue weighted by Gasteiger charge is -2.16. The maximum Gasteiger partial charge on any atom is 0.214 e. The second-order valence-electron chi connectivity index (χ2n) is 7.84. The van der Waals surface area contributed by atoms with Gasteiger partial charge in [-0.25, -0.2) is 0 Å². The second kappa shape index (κ2) is 13.5. The van der Waals surface area contributed by atoms with E-state index in [2.05, 4.69) is 20.8 Å². The molecule has 36 heavy (non-hydrogen) atoms. The molecule has 3 aromatic carbocycles. The third-order valence-electron chi connectivity index (χ3n) is 5.14. The molecule has 7 nitrogen and oxygen atoms in total. The van der Waals surface area contributed by atoms with Crippen molar-refractivity contribution in [1.82, 2.24) is 25.5 Å². The Morgan fingerprint density at radius 2 is 1.83 bits per heavy atom. The first-order valence-electron chi connectivity index (χ1n) is 11.6. The summed E-state index contributed by atoms with van der Waals surface area (Å²) in [6, 6.07) is 21.3. The highest BCUT2D eigenvalue weighted by molar-refractivity contribution is 7.99. The van der Waals surface area contributed by atoms with Gasteiger partial charge in [-0.05, 0) is 77.8 Å². The van der Waals surface area contributed by atoms with E-state index in [0.29, 0.717) is 41.3 Å². The summed E-state index contributed by atoms with van der Waals surface area (Å²) in [5, 5.41) is 17.5. The van der Waals surface area contributed by atoms with Crippen molar-refractivity contribution >= 4 is 35.0 Å². The van der Waals surface area contributed by atoms with Crippen molar-refractivity contribution < 1.29 is 9.47 Å². The minimum absolute atomic E-state index is 0.350. The van der Waals surface area contributed by atoms with Crippen LogP contribution in [0.4, 0.5) is 0 Å². The van der Waals surface area contributed by atoms with Crippen molar-refractivity contribution in [3.63, 3.8) is 0 Å². The van der Waals surface area contributed by atoms with E-state index in [1.165, 1.54) is 0 Å². The molecule has 0 aliphatic carbocycles. The molecular formula is C26H27Cl2N5O2S. The Hall–Kier alpha value is -2.78. The van der Waals surface area contributed by atoms with E-state index in [0.717, 1.165) is 40.7 Å². The number of nitrogens with one attached hydrogen (secondary N) is 1. The van der Waals surface area contributed by atoms with Gasteiger partial charge in [-0.2, -0.15) is 4.68 Å². The first kappa shape index (κ1) is 26.3. The van der Waals surface area contributed by atoms with E-state index < -0.39 is 0 Å². The Morgan fingerprint density at radius 1 is 0.972 bits per heavy atom. The fraction of sp³-hybridized carbons (Fsp3) is 0.269. The Balaban J connectivity index is 1.26. The molecule has 0 spiro atoms. The first-order valence-corrected chi connectivity index (χ1v) is 13.4. The van der Waals surface area contributed by atoms with Crippen LogP contribution in [0.25, 0.3) is 5.69 Å². The summed E-state index contributed by atoms with van der Waals surface area (Å²) >= 11 is 14.3. The standard InChI is InChI=1S/C26H27Cl2N5O2S/c1-2-34-24-16-20(15-23(28)25(24)35-18-19-8-6-9-21(27)14-19)17-29-12-7-13-36-26-30-31-32-33(26)22-10-4-3-5-11-22/h3-6,8-11,14-16,29H,2,7,12-13,17-18H2,1H3. The van der Waals surface area contributed by atoms with Gasteiger partial charge in [0.1, 0.15) is 6.61 Å². The first-order chi connectivity index (χ1) is 17.6. The SMILES string of the molecule is CCOc1cc(CNCCCSc2nnnn2-c2ccccc2)cc(Cl)c1OCc1cccc(Cl)c1. The van der Waals surface area contributed by atoms with Crippen molar-refractivity contribution in [3.05, 3.63) is 87.9 Å². The van der Waals surface area contributed by atoms with E-state index in [-0.39, 0.29) is 0 Å². The Bertz CT molecular complexity index is 1260. The van der Waals surface area contributed by atoms with Gasteiger partial charge in [0, 0.05) is 17.3 Å². The number of aromatic nitrogens is 4. The average molecular weight is 545 g/mol. The zero-order chi connectivity index (χ0) is 25.2. The van der Waals surface area contributed by atoms with Gasteiger partial charge in [-0.3, -0.25) is 0 Å². The van der Waals surface area contributed by atoms with Crippen LogP contribution in [-0.2, 0) is 13.2 Å². The van der Waals surface area contributed by atoms with Crippen LogP contribution in [0.15, 0.2) is 71.9 Å². The molecule has 0 bridgehead atoms. The van der Waals surface area contributed by atoms with Gasteiger partial charge < -0.3 is 14.8 Å². The van der Waals surface area contributed by atoms with E-state index in [9.17, 15) is 0 Å². The molecule has 188 valence electrons. The highest BCUT2D eigenvalue weighted by Gasteiger charge is 2.13. The number of hydrogen-bond donors (Lipinski definition) is 1. The molecule has 0 unspecified atom stereocenters. The summed E-state index contributed by atoms with van der Waals surface area (Å²) in [4.78, 5) is 0. The number of nitrogens with zero attached hydrogens (tertiary/aromatic N) is 4. The van der Waals surface area contributed by atoms with E-state index in [1.54, 1.807) is 16.4 Å². The zero-order valence-corrected chi connectivity index (χ0v) is 22.2. The molecule has 0 amide bonds. The van der Waals surface area contributed by atoms with Gasteiger partial charge in [-0.15, -0.1) is 5.10 Å². The molecule has 10 heteroatoms. The molecule has 1 heterocycles. The van der Waals surface area contributed by atoms with E-state index in [1.807, 2.05) is 73.7 Å². The van der Waals surface area contributed by atoms with Gasteiger partial charge in [0.25, 0.3) is 0 Å². The fourth-order valence-corrected chi connectivity index (χ4v) is 4.83. The maximum absolute atomic E-state index is 6.57. The van der Waals surface area contributed by atoms with Crippen molar-refractivity contribution in [2.45, 2.75) is 31.7 Å². The number of hydrogen-bond acceptors (Lipinski definition) is 7. The number of rotatable bonds is 13. The topological polar surface area (TPSA) is 74.1 Å². The van der Waals surface area contributed by atoms with Crippen molar-refractivity contribution in [1.29, 1.82) is 0 Å². The van der Waals surface area contributed by atoms with Crippen LogP contribution in [-0.4, -0.2) is 39.1 Å². The molecule has 0 saturated carbocycles. The molecule has 0 atom stereocenters. The Kier molecular flexibility index (Phi) is 9.86. The molecule has 4 rings (SSSR count). The largest absolute Gasteiger partial charge is 0.490 e. The molecule has 1 aromatic heterocycles. The summed E-state index contributed by atoms with van der Waals surface area (Å²) in [5.74, 6) is 2.06. The minimum Gasteiger partial charge on any atom is -0.490 e. The quantitative estimate of drug-likeness (QED) is 0.158. The second-order valence-corrected chi connectivity index (χ2v) is 9.75. The number of ether oxygens (including phenoxy) is 2. The monoisotopic (exact) mass is 543 g/mol. The number of thioether (sulfide) groups is 1. The molecule has 0 aliphatic heterocycles. The van der Waals surface area contributed by atoms with Gasteiger partial charge in [-0.1, -0.05) is 65.3 Å². The lowest BCUT2D eigenvalue weighted by molar-refractivity contribution is 0.269. The van der Waals surface area contributed by atoms with Crippen molar-refractivity contribution in [2.24, 2.45) is 0 Å².